The first-order valence-electron chi connectivity index (χ1n) is 16.4. The molecular weight excluding hydrogens is 618 g/mol. The van der Waals surface area contributed by atoms with Crippen LogP contribution in [0.3, 0.4) is 0 Å². The highest BCUT2D eigenvalue weighted by atomic mass is 19.1. The smallest absolute Gasteiger partial charge is 0.174 e. The van der Waals surface area contributed by atoms with Crippen molar-refractivity contribution >= 4 is 65.4 Å². The van der Waals surface area contributed by atoms with Crippen LogP contribution in [0.1, 0.15) is 11.1 Å². The lowest BCUT2D eigenvalue weighted by molar-refractivity contribution is 0.612. The number of hydrogen-bond donors (Lipinski definition) is 0. The molecule has 0 radical (unpaired) electrons. The highest BCUT2D eigenvalue weighted by Crippen LogP contribution is 2.44. The first kappa shape index (κ1) is 27.9. The molecule has 10 aromatic rings. The van der Waals surface area contributed by atoms with Crippen LogP contribution in [0.25, 0.3) is 82.5 Å². The van der Waals surface area contributed by atoms with Gasteiger partial charge in [-0.3, -0.25) is 0 Å². The highest BCUT2D eigenvalue weighted by Gasteiger charge is 2.32. The number of para-hydroxylation sites is 6. The molecule has 0 aliphatic rings. The molecule has 0 fully saturated rings. The minimum atomic E-state index is -0.652. The second-order valence-electron chi connectivity index (χ2n) is 12.4. The van der Waals surface area contributed by atoms with Crippen LogP contribution in [-0.4, -0.2) is 13.7 Å². The molecule has 0 N–H and O–H groups in total. The van der Waals surface area contributed by atoms with E-state index in [1.807, 2.05) is 159 Å². The predicted molar refractivity (Wildman–Crippen MR) is 199 cm³/mol. The normalized spacial score (nSPS) is 11.7. The van der Waals surface area contributed by atoms with E-state index < -0.39 is 5.82 Å². The first-order chi connectivity index (χ1) is 24.7. The van der Waals surface area contributed by atoms with Gasteiger partial charge in [-0.2, -0.15) is 10.5 Å². The van der Waals surface area contributed by atoms with E-state index in [0.29, 0.717) is 5.69 Å². The lowest BCUT2D eigenvalue weighted by atomic mass is 10.0. The third kappa shape index (κ3) is 3.57. The first-order valence-corrected chi connectivity index (χ1v) is 16.4. The molecule has 232 valence electrons. The van der Waals surface area contributed by atoms with Gasteiger partial charge < -0.3 is 13.7 Å². The van der Waals surface area contributed by atoms with Crippen molar-refractivity contribution in [2.24, 2.45) is 0 Å². The van der Waals surface area contributed by atoms with Gasteiger partial charge in [0.25, 0.3) is 0 Å². The molecule has 0 aliphatic heterocycles. The average molecular weight is 642 g/mol. The molecule has 7 aromatic carbocycles. The average Bonchev–Trinajstić information content (AvgIpc) is 3.80. The molecule has 6 heteroatoms. The molecule has 0 saturated heterocycles. The summed E-state index contributed by atoms with van der Waals surface area (Å²) in [5.74, 6) is -0.652. The summed E-state index contributed by atoms with van der Waals surface area (Å²) in [6.45, 7) is 0. The van der Waals surface area contributed by atoms with Gasteiger partial charge in [0, 0.05) is 32.3 Å². The standard InChI is InChI=1S/C44H24FN5/c45-41-43(49-37-21-9-3-15-29(37)30-16-4-10-22-38(30)49)33(25-46)42(48-35-19-7-1-13-27(35)28-14-2-8-20-36(28)48)34(26-47)44(41)50-39-23-11-5-17-31(39)32-18-6-12-24-40(32)50/h1-24H. The van der Waals surface area contributed by atoms with Crippen LogP contribution >= 0.6 is 0 Å². The summed E-state index contributed by atoms with van der Waals surface area (Å²) in [4.78, 5) is 0. The maximum atomic E-state index is 18.3. The van der Waals surface area contributed by atoms with Gasteiger partial charge in [0.05, 0.1) is 38.8 Å². The Labute approximate surface area is 285 Å². The number of hydrogen-bond acceptors (Lipinski definition) is 2. The topological polar surface area (TPSA) is 62.4 Å². The fourth-order valence-electron chi connectivity index (χ4n) is 8.03. The summed E-state index contributed by atoms with van der Waals surface area (Å²) in [6.07, 6.45) is 0. The van der Waals surface area contributed by atoms with E-state index in [0.717, 1.165) is 65.4 Å². The van der Waals surface area contributed by atoms with Gasteiger partial charge in [0.2, 0.25) is 0 Å². The molecule has 0 unspecified atom stereocenters. The SMILES string of the molecule is N#Cc1c(-n2c3ccccc3c3ccccc32)c(F)c(-n2c3ccccc3c3ccccc32)c(C#N)c1-n1c2ccccc2c2ccccc21. The number of nitriles is 2. The number of rotatable bonds is 3. The molecule has 5 nitrogen and oxygen atoms in total. The summed E-state index contributed by atoms with van der Waals surface area (Å²) >= 11 is 0. The van der Waals surface area contributed by atoms with Crippen LogP contribution in [0, 0.1) is 28.5 Å². The highest BCUT2D eigenvalue weighted by molar-refractivity contribution is 6.13. The van der Waals surface area contributed by atoms with Crippen molar-refractivity contribution < 1.29 is 4.39 Å². The van der Waals surface area contributed by atoms with Crippen LogP contribution in [0.2, 0.25) is 0 Å². The molecule has 0 atom stereocenters. The minimum Gasteiger partial charge on any atom is -0.306 e. The van der Waals surface area contributed by atoms with E-state index in [9.17, 15) is 10.5 Å². The van der Waals surface area contributed by atoms with Gasteiger partial charge in [-0.05, 0) is 36.4 Å². The summed E-state index contributed by atoms with van der Waals surface area (Å²) in [5.41, 5.74) is 5.33. The maximum absolute atomic E-state index is 18.3. The third-order valence-corrected chi connectivity index (χ3v) is 10.00. The molecule has 3 heterocycles. The van der Waals surface area contributed by atoms with E-state index in [-0.39, 0.29) is 22.5 Å². The van der Waals surface area contributed by atoms with Gasteiger partial charge in [-0.25, -0.2) is 4.39 Å². The third-order valence-electron chi connectivity index (χ3n) is 10.00. The van der Waals surface area contributed by atoms with E-state index in [1.54, 1.807) is 0 Å². The van der Waals surface area contributed by atoms with Crippen LogP contribution in [-0.2, 0) is 0 Å². The van der Waals surface area contributed by atoms with Crippen molar-refractivity contribution in [2.45, 2.75) is 0 Å². The van der Waals surface area contributed by atoms with Gasteiger partial charge >= 0.3 is 0 Å². The molecule has 3 aromatic heterocycles. The monoisotopic (exact) mass is 641 g/mol. The van der Waals surface area contributed by atoms with E-state index in [4.69, 9.17) is 0 Å². The van der Waals surface area contributed by atoms with E-state index in [2.05, 4.69) is 12.1 Å². The van der Waals surface area contributed by atoms with E-state index >= 15 is 4.39 Å². The minimum absolute atomic E-state index is 0.0709. The second-order valence-corrected chi connectivity index (χ2v) is 12.4. The fraction of sp³-hybridized carbons (Fsp3) is 0. The molecule has 50 heavy (non-hydrogen) atoms. The summed E-state index contributed by atoms with van der Waals surface area (Å²) in [7, 11) is 0. The van der Waals surface area contributed by atoms with Crippen molar-refractivity contribution in [3.05, 3.63) is 163 Å². The van der Waals surface area contributed by atoms with Crippen LogP contribution in [0.15, 0.2) is 146 Å². The predicted octanol–water partition coefficient (Wildman–Crippen LogP) is 10.9. The van der Waals surface area contributed by atoms with Crippen LogP contribution < -0.4 is 0 Å². The molecule has 0 amide bonds. The number of fused-ring (bicyclic) bond motifs is 9. The molecule has 10 rings (SSSR count). The summed E-state index contributed by atoms with van der Waals surface area (Å²) in [5, 5.41) is 28.2. The van der Waals surface area contributed by atoms with Crippen molar-refractivity contribution in [3.63, 3.8) is 0 Å². The Morgan fingerprint density at radius 2 is 0.560 bits per heavy atom. The number of benzene rings is 7. The molecule has 0 aliphatic carbocycles. The van der Waals surface area contributed by atoms with Gasteiger partial charge in [-0.1, -0.05) is 109 Å². The van der Waals surface area contributed by atoms with E-state index in [1.165, 1.54) is 0 Å². The van der Waals surface area contributed by atoms with Gasteiger partial charge in [0.15, 0.2) is 5.82 Å². The summed E-state index contributed by atoms with van der Waals surface area (Å²) in [6, 6.07) is 52.2. The quantitative estimate of drug-likeness (QED) is 0.193. The zero-order chi connectivity index (χ0) is 33.5. The van der Waals surface area contributed by atoms with Crippen LogP contribution in [0.5, 0.6) is 0 Å². The second kappa shape index (κ2) is 10.4. The molecule has 0 spiro atoms. The maximum Gasteiger partial charge on any atom is 0.174 e. The Morgan fingerprint density at radius 1 is 0.340 bits per heavy atom. The Kier molecular flexibility index (Phi) is 5.82. The zero-order valence-electron chi connectivity index (χ0n) is 26.5. The molecule has 0 bridgehead atoms. The Morgan fingerprint density at radius 3 is 0.800 bits per heavy atom. The summed E-state index contributed by atoms with van der Waals surface area (Å²) < 4.78 is 24.0. The lowest BCUT2D eigenvalue weighted by Crippen LogP contribution is -2.14. The number of aromatic nitrogens is 3. The molecule has 0 saturated carbocycles. The Balaban J connectivity index is 1.51. The number of nitrogens with zero attached hydrogens (tertiary/aromatic N) is 5. The fourth-order valence-corrected chi connectivity index (χ4v) is 8.03. The van der Waals surface area contributed by atoms with Crippen LogP contribution in [0.4, 0.5) is 4.39 Å². The Hall–Kier alpha value is -7.15. The Bertz CT molecular complexity index is 2830. The van der Waals surface area contributed by atoms with Crippen molar-refractivity contribution in [1.29, 1.82) is 10.5 Å². The van der Waals surface area contributed by atoms with Crippen molar-refractivity contribution in [2.75, 3.05) is 0 Å². The van der Waals surface area contributed by atoms with Crippen molar-refractivity contribution in [3.8, 4) is 29.2 Å². The largest absolute Gasteiger partial charge is 0.306 e. The lowest BCUT2D eigenvalue weighted by Gasteiger charge is -2.22. The van der Waals surface area contributed by atoms with Crippen molar-refractivity contribution in [1.82, 2.24) is 13.7 Å². The van der Waals surface area contributed by atoms with Gasteiger partial charge in [0.1, 0.15) is 34.6 Å². The zero-order valence-corrected chi connectivity index (χ0v) is 26.5. The van der Waals surface area contributed by atoms with Gasteiger partial charge in [-0.15, -0.1) is 0 Å². The number of halogens is 1. The molecular formula is C44H24FN5.